The summed E-state index contributed by atoms with van der Waals surface area (Å²) in [7, 11) is 0. The van der Waals surface area contributed by atoms with Crippen LogP contribution in [-0.4, -0.2) is 78.5 Å². The number of benzene rings is 1. The first-order valence-corrected chi connectivity index (χ1v) is 13.0. The second-order valence-corrected chi connectivity index (χ2v) is 9.97. The van der Waals surface area contributed by atoms with E-state index in [2.05, 4.69) is 20.5 Å². The number of aliphatic carboxylic acids is 1. The zero-order valence-electron chi connectivity index (χ0n) is 19.2. The van der Waals surface area contributed by atoms with Crippen molar-refractivity contribution in [3.63, 3.8) is 0 Å². The summed E-state index contributed by atoms with van der Waals surface area (Å²) in [6, 6.07) is 6.16. The molecule has 1 aromatic heterocycles. The number of fused-ring (bicyclic) bond motifs is 1. The van der Waals surface area contributed by atoms with Crippen LogP contribution in [0.3, 0.4) is 0 Å². The summed E-state index contributed by atoms with van der Waals surface area (Å²) >= 11 is 2.57. The largest absolute Gasteiger partial charge is 0.477 e. The smallest absolute Gasteiger partial charge is 0.352 e. The maximum Gasteiger partial charge on any atom is 0.352 e. The monoisotopic (exact) mass is 532 g/mol. The van der Waals surface area contributed by atoms with Crippen LogP contribution < -0.4 is 11.1 Å². The summed E-state index contributed by atoms with van der Waals surface area (Å²) in [5, 5.41) is 19.1. The number of para-hydroxylation sites is 1. The van der Waals surface area contributed by atoms with E-state index >= 15 is 0 Å². The molecule has 3 heterocycles. The number of nitrogen functional groups attached to an aromatic ring is 1. The molecule has 14 heteroatoms. The summed E-state index contributed by atoms with van der Waals surface area (Å²) in [5.41, 5.74) is 7.48. The first-order chi connectivity index (χ1) is 17.3. The number of hydrogen-bond donors (Lipinski definition) is 4. The molecule has 0 aliphatic carbocycles. The third-order valence-corrected chi connectivity index (χ3v) is 7.75. The Morgan fingerprint density at radius 3 is 2.83 bits per heavy atom. The Morgan fingerprint density at radius 1 is 1.33 bits per heavy atom. The van der Waals surface area contributed by atoms with Crippen LogP contribution in [-0.2, 0) is 36.8 Å². The zero-order valence-corrected chi connectivity index (χ0v) is 20.9. The van der Waals surface area contributed by atoms with Crippen LogP contribution in [0.5, 0.6) is 0 Å². The SMILES string of the molecule is CCOC(=O)Cc1nc(SCC2=C(C(=O)O)N3C(=O)C(NC(=O)Cc4ccccc4N)[C@H]3SC2)n[nH]1. The minimum absolute atomic E-state index is 0.0200. The van der Waals surface area contributed by atoms with Crippen molar-refractivity contribution >= 4 is 53.0 Å². The molecule has 0 radical (unpaired) electrons. The maximum absolute atomic E-state index is 12.8. The van der Waals surface area contributed by atoms with Crippen LogP contribution in [0.2, 0.25) is 0 Å². The minimum Gasteiger partial charge on any atom is -0.477 e. The van der Waals surface area contributed by atoms with E-state index in [4.69, 9.17) is 10.5 Å². The molecule has 5 N–H and O–H groups in total. The van der Waals surface area contributed by atoms with Crippen LogP contribution in [0.1, 0.15) is 18.3 Å². The molecule has 1 aromatic carbocycles. The minimum atomic E-state index is -1.22. The van der Waals surface area contributed by atoms with Crippen LogP contribution in [0.4, 0.5) is 5.69 Å². The Balaban J connectivity index is 1.38. The van der Waals surface area contributed by atoms with E-state index in [1.165, 1.54) is 28.4 Å². The van der Waals surface area contributed by atoms with Crippen molar-refractivity contribution < 1.29 is 29.0 Å². The summed E-state index contributed by atoms with van der Waals surface area (Å²) in [4.78, 5) is 54.4. The van der Waals surface area contributed by atoms with Gasteiger partial charge in [-0.1, -0.05) is 30.0 Å². The molecular weight excluding hydrogens is 508 g/mol. The van der Waals surface area contributed by atoms with Gasteiger partial charge in [-0.05, 0) is 24.1 Å². The average molecular weight is 533 g/mol. The van der Waals surface area contributed by atoms with Crippen molar-refractivity contribution in [3.8, 4) is 0 Å². The van der Waals surface area contributed by atoms with E-state index in [1.54, 1.807) is 31.2 Å². The maximum atomic E-state index is 12.8. The number of H-pyrrole nitrogens is 1. The molecule has 1 unspecified atom stereocenters. The number of nitrogens with two attached hydrogens (primary N) is 1. The number of aromatic nitrogens is 3. The molecule has 12 nitrogen and oxygen atoms in total. The molecule has 2 amide bonds. The number of rotatable bonds is 10. The lowest BCUT2D eigenvalue weighted by atomic mass is 10.0. The molecule has 1 saturated heterocycles. The zero-order chi connectivity index (χ0) is 25.8. The van der Waals surface area contributed by atoms with Gasteiger partial charge in [-0.2, -0.15) is 0 Å². The molecule has 0 spiro atoms. The molecular formula is C22H24N6O6S2. The lowest BCUT2D eigenvalue weighted by molar-refractivity contribution is -0.150. The van der Waals surface area contributed by atoms with Crippen LogP contribution in [0.15, 0.2) is 40.7 Å². The number of carbonyl (C=O) groups is 4. The molecule has 36 heavy (non-hydrogen) atoms. The fourth-order valence-electron chi connectivity index (χ4n) is 3.81. The molecule has 2 aromatic rings. The number of anilines is 1. The second kappa shape index (κ2) is 11.0. The molecule has 4 rings (SSSR count). The Hall–Kier alpha value is -3.52. The first-order valence-electron chi connectivity index (χ1n) is 11.0. The highest BCUT2D eigenvalue weighted by Crippen LogP contribution is 2.41. The number of nitrogens with one attached hydrogen (secondary N) is 2. The Bertz CT molecular complexity index is 1230. The Morgan fingerprint density at radius 2 is 2.11 bits per heavy atom. The van der Waals surface area contributed by atoms with Gasteiger partial charge in [-0.25, -0.2) is 9.78 Å². The van der Waals surface area contributed by atoms with E-state index in [1.807, 2.05) is 0 Å². The number of aromatic amines is 1. The standard InChI is InChI=1S/C22H24N6O6S2/c1-2-34-16(30)8-14-24-22(27-26-14)36-10-12-9-35-20-17(19(31)28(20)18(12)21(32)33)25-15(29)7-11-5-3-4-6-13(11)23/h3-6,17,20H,2,7-10,23H2,1H3,(H,25,29)(H,32,33)(H,24,26,27)/t17?,20-/m1/s1. The number of hydrogen-bond acceptors (Lipinski definition) is 10. The molecule has 0 saturated carbocycles. The van der Waals surface area contributed by atoms with Gasteiger partial charge in [-0.15, -0.1) is 16.9 Å². The molecule has 2 aliphatic heterocycles. The van der Waals surface area contributed by atoms with Crippen molar-refractivity contribution in [1.82, 2.24) is 25.4 Å². The normalized spacial score (nSPS) is 18.9. The van der Waals surface area contributed by atoms with Gasteiger partial charge < -0.3 is 20.9 Å². The van der Waals surface area contributed by atoms with Gasteiger partial charge >= 0.3 is 11.9 Å². The van der Waals surface area contributed by atoms with Crippen LogP contribution in [0, 0.1) is 0 Å². The number of thioether (sulfide) groups is 2. The van der Waals surface area contributed by atoms with Crippen LogP contribution in [0.25, 0.3) is 0 Å². The average Bonchev–Trinajstić information content (AvgIpc) is 3.29. The number of nitrogens with zero attached hydrogens (tertiary/aromatic N) is 3. The fourth-order valence-corrected chi connectivity index (χ4v) is 6.11. The van der Waals surface area contributed by atoms with E-state index in [0.29, 0.717) is 33.6 Å². The number of carboxylic acids is 1. The van der Waals surface area contributed by atoms with Crippen molar-refractivity contribution in [1.29, 1.82) is 0 Å². The van der Waals surface area contributed by atoms with E-state index in [-0.39, 0.29) is 36.8 Å². The molecule has 0 bridgehead atoms. The van der Waals surface area contributed by atoms with Gasteiger partial charge in [0.05, 0.1) is 13.0 Å². The topological polar surface area (TPSA) is 181 Å². The molecule has 1 fully saturated rings. The predicted octanol–water partition coefficient (Wildman–Crippen LogP) is 0.566. The van der Waals surface area contributed by atoms with Crippen molar-refractivity contribution in [2.45, 2.75) is 36.3 Å². The first kappa shape index (κ1) is 25.6. The van der Waals surface area contributed by atoms with Gasteiger partial charge in [0.1, 0.15) is 29.4 Å². The van der Waals surface area contributed by atoms with Crippen molar-refractivity contribution in [2.24, 2.45) is 0 Å². The summed E-state index contributed by atoms with van der Waals surface area (Å²) in [6.45, 7) is 1.97. The number of β-lactam (4-membered cyclic amide) rings is 1. The van der Waals surface area contributed by atoms with E-state index in [9.17, 15) is 24.3 Å². The lowest BCUT2D eigenvalue weighted by Crippen LogP contribution is -2.70. The van der Waals surface area contributed by atoms with E-state index < -0.39 is 29.3 Å². The third-order valence-electron chi connectivity index (χ3n) is 5.48. The lowest BCUT2D eigenvalue weighted by Gasteiger charge is -2.49. The molecule has 190 valence electrons. The van der Waals surface area contributed by atoms with Gasteiger partial charge in [0, 0.05) is 17.2 Å². The van der Waals surface area contributed by atoms with Crippen molar-refractivity contribution in [3.05, 3.63) is 46.9 Å². The number of esters is 1. The number of amides is 2. The molecule has 2 aliphatic rings. The number of ether oxygens (including phenoxy) is 1. The summed E-state index contributed by atoms with van der Waals surface area (Å²) < 4.78 is 4.88. The van der Waals surface area contributed by atoms with Crippen molar-refractivity contribution in [2.75, 3.05) is 23.8 Å². The highest BCUT2D eigenvalue weighted by atomic mass is 32.2. The summed E-state index contributed by atoms with van der Waals surface area (Å²) in [6.07, 6.45) is -0.0273. The highest BCUT2D eigenvalue weighted by Gasteiger charge is 2.54. The van der Waals surface area contributed by atoms with Gasteiger partial charge in [0.25, 0.3) is 5.91 Å². The molecule has 2 atom stereocenters. The van der Waals surface area contributed by atoms with Crippen LogP contribution >= 0.6 is 23.5 Å². The van der Waals surface area contributed by atoms with Gasteiger partial charge in [-0.3, -0.25) is 24.4 Å². The highest BCUT2D eigenvalue weighted by molar-refractivity contribution is 8.01. The van der Waals surface area contributed by atoms with Gasteiger partial charge in [0.2, 0.25) is 11.1 Å². The fraction of sp³-hybridized carbons (Fsp3) is 0.364. The predicted molar refractivity (Wildman–Crippen MR) is 132 cm³/mol. The second-order valence-electron chi connectivity index (χ2n) is 7.92. The Labute approximate surface area is 214 Å². The summed E-state index contributed by atoms with van der Waals surface area (Å²) in [5.74, 6) is -1.54. The van der Waals surface area contributed by atoms with E-state index in [0.717, 1.165) is 0 Å². The number of carboxylic acid groups (broad SMARTS) is 1. The quantitative estimate of drug-likeness (QED) is 0.145. The number of carbonyl (C=O) groups excluding carboxylic acids is 3. The Kier molecular flexibility index (Phi) is 7.84. The third kappa shape index (κ3) is 5.49. The van der Waals surface area contributed by atoms with Gasteiger partial charge in [0.15, 0.2) is 0 Å².